The maximum absolute atomic E-state index is 13.2. The van der Waals surface area contributed by atoms with Crippen LogP contribution in [0.3, 0.4) is 0 Å². The van der Waals surface area contributed by atoms with Crippen LogP contribution in [0.2, 0.25) is 0 Å². The van der Waals surface area contributed by atoms with Gasteiger partial charge in [-0.25, -0.2) is 14.1 Å². The molecule has 1 fully saturated rings. The molecule has 0 spiro atoms. The fourth-order valence-corrected chi connectivity index (χ4v) is 1.94. The van der Waals surface area contributed by atoms with Gasteiger partial charge in [-0.3, -0.25) is 0 Å². The van der Waals surface area contributed by atoms with E-state index in [0.29, 0.717) is 23.0 Å². The number of nitrogens with two attached hydrogens (primary N) is 2. The van der Waals surface area contributed by atoms with E-state index in [2.05, 4.69) is 4.98 Å². The normalized spacial score (nSPS) is 15.1. The second-order valence-corrected chi connectivity index (χ2v) is 4.36. The lowest BCUT2D eigenvalue weighted by Crippen LogP contribution is -2.14. The van der Waals surface area contributed by atoms with Crippen LogP contribution in [0, 0.1) is 5.82 Å². The van der Waals surface area contributed by atoms with Crippen LogP contribution in [0.1, 0.15) is 24.6 Å². The minimum absolute atomic E-state index is 0.304. The Morgan fingerprint density at radius 1 is 1.35 bits per heavy atom. The molecule has 1 aliphatic rings. The van der Waals surface area contributed by atoms with Gasteiger partial charge in [-0.05, 0) is 25.0 Å². The van der Waals surface area contributed by atoms with Crippen molar-refractivity contribution in [3.05, 3.63) is 35.9 Å². The van der Waals surface area contributed by atoms with E-state index in [1.54, 1.807) is 12.1 Å². The van der Waals surface area contributed by atoms with E-state index in [4.69, 9.17) is 11.6 Å². The maximum Gasteiger partial charge on any atom is 0.150 e. The van der Waals surface area contributed by atoms with Crippen molar-refractivity contribution in [3.8, 4) is 11.3 Å². The average molecular weight is 232 g/mol. The molecule has 88 valence electrons. The van der Waals surface area contributed by atoms with Crippen LogP contribution in [-0.2, 0) is 0 Å². The van der Waals surface area contributed by atoms with Crippen molar-refractivity contribution in [3.63, 3.8) is 0 Å². The summed E-state index contributed by atoms with van der Waals surface area (Å²) in [6.07, 6.45) is 2.19. The number of benzene rings is 1. The molecule has 17 heavy (non-hydrogen) atoms. The predicted octanol–water partition coefficient (Wildman–Crippen LogP) is 1.86. The highest BCUT2D eigenvalue weighted by Gasteiger charge is 2.30. The van der Waals surface area contributed by atoms with E-state index in [9.17, 15) is 4.39 Å². The second-order valence-electron chi connectivity index (χ2n) is 4.36. The molecule has 0 saturated heterocycles. The first-order chi connectivity index (χ1) is 8.16. The number of imidazole rings is 1. The fourth-order valence-electron chi connectivity index (χ4n) is 1.94. The van der Waals surface area contributed by atoms with Gasteiger partial charge in [0.25, 0.3) is 0 Å². The highest BCUT2D eigenvalue weighted by atomic mass is 19.1. The van der Waals surface area contributed by atoms with E-state index >= 15 is 0 Å². The van der Waals surface area contributed by atoms with Gasteiger partial charge in [-0.15, -0.1) is 0 Å². The highest BCUT2D eigenvalue weighted by Crippen LogP contribution is 2.41. The number of nitrogen functional groups attached to an aromatic ring is 2. The summed E-state index contributed by atoms with van der Waals surface area (Å²) in [5.41, 5.74) is 7.13. The molecule has 1 aromatic heterocycles. The van der Waals surface area contributed by atoms with Crippen molar-refractivity contribution in [1.82, 2.24) is 9.66 Å². The number of nitrogens with zero attached hydrogens (tertiary/aromatic N) is 2. The van der Waals surface area contributed by atoms with Crippen LogP contribution in [-0.4, -0.2) is 9.66 Å². The van der Waals surface area contributed by atoms with Gasteiger partial charge in [-0.2, -0.15) is 0 Å². The zero-order valence-corrected chi connectivity index (χ0v) is 9.23. The van der Waals surface area contributed by atoms with Crippen molar-refractivity contribution in [2.75, 3.05) is 11.6 Å². The zero-order valence-electron chi connectivity index (χ0n) is 9.23. The Labute approximate surface area is 98.0 Å². The molecule has 1 saturated carbocycles. The summed E-state index contributed by atoms with van der Waals surface area (Å²) in [5, 5.41) is 0. The molecule has 3 rings (SSSR count). The zero-order chi connectivity index (χ0) is 12.0. The number of hydrogen-bond donors (Lipinski definition) is 2. The predicted molar refractivity (Wildman–Crippen MR) is 64.2 cm³/mol. The molecule has 0 atom stereocenters. The van der Waals surface area contributed by atoms with E-state index < -0.39 is 0 Å². The van der Waals surface area contributed by atoms with Crippen LogP contribution in [0.25, 0.3) is 11.3 Å². The van der Waals surface area contributed by atoms with Gasteiger partial charge in [0.05, 0.1) is 0 Å². The van der Waals surface area contributed by atoms with Crippen molar-refractivity contribution in [2.45, 2.75) is 18.8 Å². The highest BCUT2D eigenvalue weighted by molar-refractivity contribution is 5.71. The Morgan fingerprint density at radius 2 is 2.12 bits per heavy atom. The summed E-state index contributed by atoms with van der Waals surface area (Å²) in [7, 11) is 0. The average Bonchev–Trinajstić information content (AvgIpc) is 3.09. The first kappa shape index (κ1) is 10.1. The Bertz CT molecular complexity index is 572. The monoisotopic (exact) mass is 232 g/mol. The molecule has 0 amide bonds. The molecule has 4 nitrogen and oxygen atoms in total. The van der Waals surface area contributed by atoms with Crippen LogP contribution < -0.4 is 11.6 Å². The second kappa shape index (κ2) is 3.48. The van der Waals surface area contributed by atoms with E-state index in [0.717, 1.165) is 18.7 Å². The van der Waals surface area contributed by atoms with Crippen molar-refractivity contribution in [1.29, 1.82) is 0 Å². The molecule has 1 aliphatic carbocycles. The molecule has 0 bridgehead atoms. The Balaban J connectivity index is 2.11. The van der Waals surface area contributed by atoms with Crippen LogP contribution in [0.5, 0.6) is 0 Å². The summed E-state index contributed by atoms with van der Waals surface area (Å²) >= 11 is 0. The molecule has 2 aromatic rings. The van der Waals surface area contributed by atoms with Gasteiger partial charge in [0.1, 0.15) is 17.3 Å². The number of aromatic nitrogens is 2. The number of rotatable bonds is 2. The van der Waals surface area contributed by atoms with Gasteiger partial charge >= 0.3 is 0 Å². The van der Waals surface area contributed by atoms with Crippen molar-refractivity contribution >= 4 is 5.82 Å². The standard InChI is InChI=1S/C12H13FN4/c13-9-3-1-2-8(6-9)10-11(14)17(15)12(16-10)7-4-5-7/h1-3,6-7H,4-5,14-15H2. The smallest absolute Gasteiger partial charge is 0.150 e. The van der Waals surface area contributed by atoms with Crippen LogP contribution in [0.4, 0.5) is 10.2 Å². The quantitative estimate of drug-likeness (QED) is 0.776. The molecule has 1 aromatic carbocycles. The van der Waals surface area contributed by atoms with E-state index in [-0.39, 0.29) is 5.82 Å². The third-order valence-corrected chi connectivity index (χ3v) is 3.02. The molecular weight excluding hydrogens is 219 g/mol. The molecule has 0 radical (unpaired) electrons. The lowest BCUT2D eigenvalue weighted by molar-refractivity contribution is 0.628. The summed E-state index contributed by atoms with van der Waals surface area (Å²) in [6.45, 7) is 0. The molecular formula is C12H13FN4. The molecule has 1 heterocycles. The Hall–Kier alpha value is -2.04. The minimum Gasteiger partial charge on any atom is -0.382 e. The topological polar surface area (TPSA) is 69.9 Å². The maximum atomic E-state index is 13.2. The molecule has 5 heteroatoms. The lowest BCUT2D eigenvalue weighted by atomic mass is 10.1. The van der Waals surface area contributed by atoms with Gasteiger partial charge in [0.2, 0.25) is 0 Å². The van der Waals surface area contributed by atoms with Crippen LogP contribution >= 0.6 is 0 Å². The summed E-state index contributed by atoms with van der Waals surface area (Å²) < 4.78 is 14.6. The SMILES string of the molecule is Nc1c(-c2cccc(F)c2)nc(C2CC2)n1N. The Morgan fingerprint density at radius 3 is 2.76 bits per heavy atom. The summed E-state index contributed by atoms with van der Waals surface area (Å²) in [6, 6.07) is 6.21. The minimum atomic E-state index is -0.304. The van der Waals surface area contributed by atoms with Crippen molar-refractivity contribution in [2.24, 2.45) is 0 Å². The van der Waals surface area contributed by atoms with E-state index in [1.807, 2.05) is 0 Å². The van der Waals surface area contributed by atoms with Gasteiger partial charge in [-0.1, -0.05) is 12.1 Å². The number of halogens is 1. The van der Waals surface area contributed by atoms with Gasteiger partial charge < -0.3 is 11.6 Å². The fraction of sp³-hybridized carbons (Fsp3) is 0.250. The first-order valence-corrected chi connectivity index (χ1v) is 5.56. The Kier molecular flexibility index (Phi) is 2.07. The summed E-state index contributed by atoms with van der Waals surface area (Å²) in [5.74, 6) is 7.14. The number of hydrogen-bond acceptors (Lipinski definition) is 3. The largest absolute Gasteiger partial charge is 0.382 e. The van der Waals surface area contributed by atoms with Crippen molar-refractivity contribution < 1.29 is 4.39 Å². The molecule has 0 unspecified atom stereocenters. The van der Waals surface area contributed by atoms with Gasteiger partial charge in [0.15, 0.2) is 5.82 Å². The van der Waals surface area contributed by atoms with E-state index in [1.165, 1.54) is 16.8 Å². The van der Waals surface area contributed by atoms with Crippen LogP contribution in [0.15, 0.2) is 24.3 Å². The third kappa shape index (κ3) is 1.63. The lowest BCUT2D eigenvalue weighted by Gasteiger charge is -2.00. The molecule has 0 aliphatic heterocycles. The third-order valence-electron chi connectivity index (χ3n) is 3.02. The number of anilines is 1. The van der Waals surface area contributed by atoms with Gasteiger partial charge in [0, 0.05) is 11.5 Å². The first-order valence-electron chi connectivity index (χ1n) is 5.56. The summed E-state index contributed by atoms with van der Waals surface area (Å²) in [4.78, 5) is 4.43. The molecule has 4 N–H and O–H groups in total.